The molecule has 3 aromatic carbocycles. The highest BCUT2D eigenvalue weighted by molar-refractivity contribution is 7.19. The molecule has 0 unspecified atom stereocenters. The Labute approximate surface area is 234 Å². The second-order valence-electron chi connectivity index (χ2n) is 9.35. The molecule has 1 aliphatic heterocycles. The van der Waals surface area contributed by atoms with Gasteiger partial charge in [0.15, 0.2) is 5.00 Å². The third-order valence-electron chi connectivity index (χ3n) is 6.51. The van der Waals surface area contributed by atoms with Crippen molar-refractivity contribution in [2.45, 2.75) is 26.7 Å². The summed E-state index contributed by atoms with van der Waals surface area (Å²) in [4.78, 5) is 2.41. The third-order valence-corrected chi connectivity index (χ3v) is 8.30. The van der Waals surface area contributed by atoms with E-state index in [1.807, 2.05) is 80.6 Å². The fraction of sp³-hybridized carbons (Fsp3) is 0.207. The van der Waals surface area contributed by atoms with Gasteiger partial charge in [0.05, 0.1) is 33.3 Å². The second-order valence-corrected chi connectivity index (χ2v) is 11.1. The first-order valence-corrected chi connectivity index (χ1v) is 14.4. The highest BCUT2D eigenvalue weighted by Crippen LogP contribution is 2.36. The van der Waals surface area contributed by atoms with Crippen molar-refractivity contribution >= 4 is 71.5 Å². The Bertz CT molecular complexity index is 1710. The maximum atomic E-state index is 4.46. The van der Waals surface area contributed by atoms with Crippen molar-refractivity contribution in [1.82, 2.24) is 4.37 Å². The van der Waals surface area contributed by atoms with E-state index in [2.05, 4.69) is 46.0 Å². The number of thiophene rings is 1. The molecule has 0 aliphatic carbocycles. The average Bonchev–Trinajstić information content (AvgIpc) is 3.72. The summed E-state index contributed by atoms with van der Waals surface area (Å²) in [7, 11) is 0. The lowest BCUT2D eigenvalue weighted by Crippen LogP contribution is -2.15. The van der Waals surface area contributed by atoms with Crippen LogP contribution >= 0.6 is 22.9 Å². The zero-order chi connectivity index (χ0) is 26.6. The average molecular weight is 551 g/mol. The van der Waals surface area contributed by atoms with Crippen molar-refractivity contribution in [3.8, 4) is 0 Å². The van der Waals surface area contributed by atoms with Crippen molar-refractivity contribution in [1.29, 1.82) is 0 Å². The zero-order valence-corrected chi connectivity index (χ0v) is 23.3. The normalized spacial score (nSPS) is 14.2. The number of anilines is 1. The first-order chi connectivity index (χ1) is 19.1. The fourth-order valence-electron chi connectivity index (χ4n) is 4.37. The summed E-state index contributed by atoms with van der Waals surface area (Å²) in [6, 6.07) is 23.7. The lowest BCUT2D eigenvalue weighted by atomic mass is 10.2. The van der Waals surface area contributed by atoms with Gasteiger partial charge in [0, 0.05) is 18.5 Å². The molecule has 10 heteroatoms. The van der Waals surface area contributed by atoms with Crippen LogP contribution in [-0.4, -0.2) is 17.5 Å². The van der Waals surface area contributed by atoms with Gasteiger partial charge in [-0.25, -0.2) is 0 Å². The number of fused-ring (bicyclic) bond motifs is 1. The summed E-state index contributed by atoms with van der Waals surface area (Å²) in [5, 5.41) is 30.6. The fourth-order valence-corrected chi connectivity index (χ4v) is 5.94. The lowest BCUT2D eigenvalue weighted by Gasteiger charge is -2.13. The lowest BCUT2D eigenvalue weighted by molar-refractivity contribution is 0.949. The van der Waals surface area contributed by atoms with Crippen molar-refractivity contribution in [3.63, 3.8) is 0 Å². The number of hydrogen-bond acceptors (Lipinski definition) is 10. The van der Waals surface area contributed by atoms with Gasteiger partial charge >= 0.3 is 0 Å². The maximum Gasteiger partial charge on any atom is 0.166 e. The van der Waals surface area contributed by atoms with Crippen molar-refractivity contribution in [2.24, 2.45) is 30.7 Å². The molecule has 0 spiro atoms. The number of azo groups is 3. The van der Waals surface area contributed by atoms with Crippen LogP contribution in [-0.2, 0) is 0 Å². The van der Waals surface area contributed by atoms with E-state index >= 15 is 0 Å². The Morgan fingerprint density at radius 1 is 0.692 bits per heavy atom. The highest BCUT2D eigenvalue weighted by atomic mass is 32.1. The minimum absolute atomic E-state index is 0.754. The first kappa shape index (κ1) is 25.1. The molecule has 1 fully saturated rings. The summed E-state index contributed by atoms with van der Waals surface area (Å²) < 4.78 is 4.42. The van der Waals surface area contributed by atoms with Crippen molar-refractivity contribution in [2.75, 3.05) is 18.0 Å². The molecule has 1 saturated heterocycles. The maximum absolute atomic E-state index is 4.46. The topological polar surface area (TPSA) is 90.3 Å². The Morgan fingerprint density at radius 3 is 2.08 bits per heavy atom. The number of aromatic nitrogens is 1. The van der Waals surface area contributed by atoms with Crippen molar-refractivity contribution < 1.29 is 0 Å². The molecule has 8 nitrogen and oxygen atoms in total. The van der Waals surface area contributed by atoms with Crippen LogP contribution in [0.25, 0.3) is 10.9 Å². The quantitative estimate of drug-likeness (QED) is 0.189. The summed E-state index contributed by atoms with van der Waals surface area (Å²) in [6.45, 7) is 6.26. The zero-order valence-electron chi connectivity index (χ0n) is 21.7. The molecule has 0 atom stereocenters. The van der Waals surface area contributed by atoms with Gasteiger partial charge in [0.25, 0.3) is 0 Å². The number of benzene rings is 3. The smallest absolute Gasteiger partial charge is 0.166 e. The van der Waals surface area contributed by atoms with E-state index in [1.54, 1.807) is 11.3 Å². The van der Waals surface area contributed by atoms with Crippen molar-refractivity contribution in [3.05, 3.63) is 83.9 Å². The van der Waals surface area contributed by atoms with Gasteiger partial charge in [-0.15, -0.1) is 20.5 Å². The first-order valence-electron chi connectivity index (χ1n) is 12.8. The Hall–Kier alpha value is -4.15. The molecule has 6 rings (SSSR count). The summed E-state index contributed by atoms with van der Waals surface area (Å²) in [5.41, 5.74) is 6.02. The number of rotatable bonds is 7. The minimum atomic E-state index is 0.754. The van der Waals surface area contributed by atoms with Gasteiger partial charge < -0.3 is 4.90 Å². The van der Waals surface area contributed by atoms with E-state index in [0.717, 1.165) is 67.9 Å². The molecule has 194 valence electrons. The van der Waals surface area contributed by atoms with Crippen LogP contribution in [0.5, 0.6) is 0 Å². The van der Waals surface area contributed by atoms with Crippen LogP contribution < -0.4 is 4.90 Å². The standard InChI is InChI=1S/C29H26N8S2/c1-19-18-22(31-34-27-13-14-28(38-27)37-15-5-6-16-37)10-11-24(19)32-30-21-9-12-25(20(2)17-21)33-35-29-23-7-3-4-8-26(23)36-39-29/h3-4,7-14,17-18H,5-6,15-16H2,1-2H3/b32-30+,34-31+,35-33+. The van der Waals surface area contributed by atoms with Crippen LogP contribution in [0.4, 0.5) is 37.8 Å². The minimum Gasteiger partial charge on any atom is -0.363 e. The predicted octanol–water partition coefficient (Wildman–Crippen LogP) is 10.8. The second kappa shape index (κ2) is 11.3. The van der Waals surface area contributed by atoms with Crippen LogP contribution in [0.2, 0.25) is 0 Å². The third kappa shape index (κ3) is 5.81. The Kier molecular flexibility index (Phi) is 7.29. The van der Waals surface area contributed by atoms with E-state index in [4.69, 9.17) is 0 Å². The molecule has 5 aromatic rings. The van der Waals surface area contributed by atoms with Gasteiger partial charge in [-0.05, 0) is 110 Å². The van der Waals surface area contributed by atoms with E-state index in [0.29, 0.717) is 0 Å². The largest absolute Gasteiger partial charge is 0.363 e. The summed E-state index contributed by atoms with van der Waals surface area (Å²) in [5.74, 6) is 0. The van der Waals surface area contributed by atoms with Crippen LogP contribution in [0.3, 0.4) is 0 Å². The Morgan fingerprint density at radius 2 is 1.36 bits per heavy atom. The molecule has 2 aromatic heterocycles. The van der Waals surface area contributed by atoms with Crippen LogP contribution in [0.1, 0.15) is 24.0 Å². The molecule has 0 radical (unpaired) electrons. The highest BCUT2D eigenvalue weighted by Gasteiger charge is 2.14. The van der Waals surface area contributed by atoms with E-state index in [-0.39, 0.29) is 0 Å². The molecular weight excluding hydrogens is 525 g/mol. The summed E-state index contributed by atoms with van der Waals surface area (Å²) >= 11 is 3.03. The van der Waals surface area contributed by atoms with Gasteiger partial charge in [0.1, 0.15) is 5.00 Å². The van der Waals surface area contributed by atoms with Crippen LogP contribution in [0, 0.1) is 13.8 Å². The molecule has 0 bridgehead atoms. The number of nitrogens with zero attached hydrogens (tertiary/aromatic N) is 8. The molecule has 0 saturated carbocycles. The monoisotopic (exact) mass is 550 g/mol. The van der Waals surface area contributed by atoms with E-state index < -0.39 is 0 Å². The van der Waals surface area contributed by atoms with Crippen LogP contribution in [0.15, 0.2) is 103 Å². The number of hydrogen-bond donors (Lipinski definition) is 0. The predicted molar refractivity (Wildman–Crippen MR) is 160 cm³/mol. The van der Waals surface area contributed by atoms with E-state index in [1.165, 1.54) is 29.4 Å². The molecule has 3 heterocycles. The SMILES string of the molecule is Cc1cc(/N=N/c2ccc(N3CCCC3)s2)ccc1/N=N/c1ccc(/N=N/c2snc3ccccc23)c(C)c1. The number of aryl methyl sites for hydroxylation is 2. The molecule has 39 heavy (non-hydrogen) atoms. The molecule has 0 N–H and O–H groups in total. The Balaban J connectivity index is 1.11. The van der Waals surface area contributed by atoms with E-state index in [9.17, 15) is 0 Å². The molecular formula is C29H26N8S2. The van der Waals surface area contributed by atoms with Gasteiger partial charge in [-0.1, -0.05) is 23.5 Å². The molecule has 1 aliphatic rings. The van der Waals surface area contributed by atoms with Gasteiger partial charge in [-0.3, -0.25) is 0 Å². The molecule has 0 amide bonds. The summed E-state index contributed by atoms with van der Waals surface area (Å²) in [6.07, 6.45) is 2.53. The van der Waals surface area contributed by atoms with Gasteiger partial charge in [0.2, 0.25) is 0 Å². The van der Waals surface area contributed by atoms with Gasteiger partial charge in [-0.2, -0.15) is 14.6 Å².